The summed E-state index contributed by atoms with van der Waals surface area (Å²) < 4.78 is 138. The van der Waals surface area contributed by atoms with Gasteiger partial charge in [-0.25, -0.2) is 36.0 Å². The first-order valence-electron chi connectivity index (χ1n) is 26.7. The van der Waals surface area contributed by atoms with Crippen molar-refractivity contribution in [3.63, 3.8) is 0 Å². The van der Waals surface area contributed by atoms with E-state index in [1.807, 2.05) is 0 Å². The van der Waals surface area contributed by atoms with Gasteiger partial charge in [0.05, 0.1) is 41.3 Å². The average Bonchev–Trinajstić information content (AvgIpc) is 0.739. The van der Waals surface area contributed by atoms with Crippen molar-refractivity contribution < 1.29 is 124 Å². The molecular weight excluding hydrogens is 1370 g/mol. The van der Waals surface area contributed by atoms with Gasteiger partial charge in [-0.1, -0.05) is 11.2 Å². The average molecular weight is 1410 g/mol. The van der Waals surface area contributed by atoms with Gasteiger partial charge in [-0.15, -0.1) is 0 Å². The van der Waals surface area contributed by atoms with Gasteiger partial charge in [0, 0.05) is 62.2 Å². The van der Waals surface area contributed by atoms with Crippen molar-refractivity contribution in [2.45, 2.75) is 6.23 Å². The molecule has 36 nitrogen and oxygen atoms in total. The van der Waals surface area contributed by atoms with Crippen LogP contribution in [0.5, 0.6) is 28.7 Å². The number of nitrogen functional groups attached to an aromatic ring is 2. The van der Waals surface area contributed by atoms with Crippen LogP contribution < -0.4 is 54.3 Å². The number of carboxylic acid groups (broad SMARTS) is 4. The van der Waals surface area contributed by atoms with Crippen LogP contribution in [0.25, 0.3) is 77.3 Å². The highest BCUT2D eigenvalue weighted by molar-refractivity contribution is 7.75. The van der Waals surface area contributed by atoms with E-state index in [0.717, 1.165) is 36.4 Å². The number of carboxylic acids is 4. The standard InChI is InChI=1S/C36H33N7O16S2.C21H14N2O11S2/c37-25-8-6-22-29(23-7-9-26(38)33(59-61(52)53)31(23)57-30(22)32(25)58-60(50)51)24-15-19(4-5-21(24)36(48)49)35(47)41-11-10-40-34(46)18-2-1-3-20(14-18)56-16-27(42-43-39)55-13-12-54-17-28(44)45;22-13-5-3-10-15(12-7-8(20(24)25)1-2-9(12)21(26)27)11-4-6-14(23)19(34-36(30)31)17(11)32-16(10)18(13)33-35(28)29/h1-9,14-15,27,37H,10-13,16-17,38H2,(H,40,46)(H,41,47)(H,44,45)(H,48,49)(H,50,51)(H,52,53);1-7,22H,23H2,(H,24,25)(H,26,27)(H,28,29)(H,30,31)/p-4. The third kappa shape index (κ3) is 17.1. The summed E-state index contributed by atoms with van der Waals surface area (Å²) in [5, 5.41) is 62.3. The molecule has 2 aliphatic carbocycles. The molecule has 0 saturated carbocycles. The Labute approximate surface area is 551 Å². The third-order valence-electron chi connectivity index (χ3n) is 13.3. The minimum atomic E-state index is -3.23. The topological polar surface area (TPSA) is 607 Å². The lowest BCUT2D eigenvalue weighted by molar-refractivity contribution is -0.143. The van der Waals surface area contributed by atoms with E-state index in [1.54, 1.807) is 0 Å². The van der Waals surface area contributed by atoms with Crippen LogP contribution in [0.4, 0.5) is 11.4 Å². The molecule has 97 heavy (non-hydrogen) atoms. The number of hydrogen-bond acceptors (Lipinski definition) is 28. The van der Waals surface area contributed by atoms with E-state index in [2.05, 4.69) is 20.7 Å². The lowest BCUT2D eigenvalue weighted by Gasteiger charge is -2.21. The highest BCUT2D eigenvalue weighted by atomic mass is 32.2. The summed E-state index contributed by atoms with van der Waals surface area (Å²) in [6, 6.07) is 22.8. The van der Waals surface area contributed by atoms with Crippen molar-refractivity contribution in [2.75, 3.05) is 51.0 Å². The molecule has 9 rings (SSSR count). The van der Waals surface area contributed by atoms with Gasteiger partial charge in [-0.3, -0.25) is 20.4 Å². The minimum absolute atomic E-state index is 0.00480. The van der Waals surface area contributed by atoms with Crippen molar-refractivity contribution in [1.82, 2.24) is 10.6 Å². The zero-order chi connectivity index (χ0) is 70.5. The summed E-state index contributed by atoms with van der Waals surface area (Å²) in [7, 11) is 0. The number of aliphatic carboxylic acids is 1. The number of hydrogen-bond donors (Lipinski definition) is 10. The molecule has 506 valence electrons. The molecule has 0 fully saturated rings. The van der Waals surface area contributed by atoms with Gasteiger partial charge in [0.2, 0.25) is 23.0 Å². The smallest absolute Gasteiger partial charge is 0.336 e. The van der Waals surface area contributed by atoms with E-state index in [0.29, 0.717) is 0 Å². The molecule has 5 unspecified atom stereocenters. The summed E-state index contributed by atoms with van der Waals surface area (Å²) in [5.41, 5.74) is 18.3. The molecule has 0 bridgehead atoms. The Morgan fingerprint density at radius 3 is 1.46 bits per heavy atom. The predicted octanol–water partition coefficient (Wildman–Crippen LogP) is 4.61. The monoisotopic (exact) mass is 1410 g/mol. The molecule has 5 atom stereocenters. The number of nitrogens with two attached hydrogens (primary N) is 2. The minimum Gasteiger partial charge on any atom is -0.740 e. The van der Waals surface area contributed by atoms with Gasteiger partial charge in [0.1, 0.15) is 75.1 Å². The Balaban J connectivity index is 0.000000283. The Bertz CT molecular complexity index is 4850. The molecule has 0 radical (unpaired) electrons. The molecule has 0 saturated heterocycles. The molecular formula is C57H43N9O27S4-4. The normalized spacial score (nSPS) is 12.6. The summed E-state index contributed by atoms with van der Waals surface area (Å²) in [6.45, 7) is -1.14. The van der Waals surface area contributed by atoms with E-state index < -0.39 is 145 Å². The van der Waals surface area contributed by atoms with Crippen LogP contribution in [-0.4, -0.2) is 137 Å². The zero-order valence-electron chi connectivity index (χ0n) is 48.5. The number of rotatable bonds is 28. The summed E-state index contributed by atoms with van der Waals surface area (Å²) >= 11 is -12.7. The van der Waals surface area contributed by atoms with Crippen molar-refractivity contribution in [3.8, 4) is 73.6 Å². The Kier molecular flexibility index (Phi) is 23.3. The quantitative estimate of drug-likeness (QED) is 0.00608. The number of carbonyl (C=O) groups excluding carboxylic acids is 2. The largest absolute Gasteiger partial charge is 0.740 e. The molecule has 2 amide bonds. The van der Waals surface area contributed by atoms with Crippen molar-refractivity contribution in [3.05, 3.63) is 158 Å². The van der Waals surface area contributed by atoms with Gasteiger partial charge < -0.3 is 101 Å². The summed E-state index contributed by atoms with van der Waals surface area (Å²) in [5.74, 6) is -9.59. The second-order valence-corrected chi connectivity index (χ2v) is 21.5. The summed E-state index contributed by atoms with van der Waals surface area (Å²) in [4.78, 5) is 75.9. The zero-order valence-corrected chi connectivity index (χ0v) is 51.8. The van der Waals surface area contributed by atoms with Gasteiger partial charge in [0.25, 0.3) is 11.8 Å². The fraction of sp³-hybridized carbons (Fsp3) is 0.123. The van der Waals surface area contributed by atoms with Crippen LogP contribution in [0.2, 0.25) is 0 Å². The van der Waals surface area contributed by atoms with Crippen LogP contribution in [0, 0.1) is 10.8 Å². The molecule has 2 aliphatic heterocycles. The third-order valence-corrected chi connectivity index (χ3v) is 14.5. The van der Waals surface area contributed by atoms with Gasteiger partial charge in [0.15, 0.2) is 28.9 Å². The lowest BCUT2D eigenvalue weighted by Crippen LogP contribution is -2.34. The molecule has 0 spiro atoms. The van der Waals surface area contributed by atoms with Gasteiger partial charge >= 0.3 is 23.9 Å². The molecule has 12 N–H and O–H groups in total. The fourth-order valence-electron chi connectivity index (χ4n) is 9.33. The Hall–Kier alpha value is -11.4. The van der Waals surface area contributed by atoms with Crippen LogP contribution in [0.1, 0.15) is 51.8 Å². The molecule has 40 heteroatoms. The first-order chi connectivity index (χ1) is 46.2. The van der Waals surface area contributed by atoms with E-state index >= 15 is 0 Å². The maximum Gasteiger partial charge on any atom is 0.336 e. The van der Waals surface area contributed by atoms with Crippen molar-refractivity contribution >= 4 is 114 Å². The number of carbonyl (C=O) groups is 6. The first kappa shape index (κ1) is 71.4. The van der Waals surface area contributed by atoms with Crippen molar-refractivity contribution in [1.29, 1.82) is 10.8 Å². The SMILES string of the molecule is N=c1ccc2c(-c3cc(C(=O)O)ccc3C(=O)O)c3ccc(N)c(OS(=O)[O-])c3oc-2c1OS(=O)[O-].[N-]=[N+]=NC(COc1cccc(C(=O)NCCNC(=O)c2ccc(C(=O)O)c(-c3c4ccc(=N)c(OS(=O)[O-])c-4oc4c(OS(=O)[O-])c(N)ccc34)c2)c1)OCCOCC(=O)O. The number of amides is 2. The molecule has 4 aliphatic rings. The fourth-order valence-corrected chi connectivity index (χ4v) is 10.6. The molecule has 5 aromatic rings. The number of ether oxygens (including phenoxy) is 3. The Morgan fingerprint density at radius 1 is 0.567 bits per heavy atom. The highest BCUT2D eigenvalue weighted by Gasteiger charge is 2.31. The van der Waals surface area contributed by atoms with E-state index in [9.17, 15) is 79.1 Å². The number of fused-ring (bicyclic) bond motifs is 4. The van der Waals surface area contributed by atoms with Gasteiger partial charge in [-0.05, 0) is 120 Å². The van der Waals surface area contributed by atoms with E-state index in [1.165, 1.54) is 72.8 Å². The van der Waals surface area contributed by atoms with Crippen LogP contribution in [-0.2, 0) is 59.7 Å². The number of nitrogens with zero attached hydrogens (tertiary/aromatic N) is 3. The summed E-state index contributed by atoms with van der Waals surface area (Å²) in [6.07, 6.45) is -1.09. The number of nitrogens with one attached hydrogen (secondary N) is 4. The van der Waals surface area contributed by atoms with E-state index in [4.69, 9.17) is 72.7 Å². The second kappa shape index (κ2) is 31.7. The number of aromatic carboxylic acids is 3. The number of anilines is 2. The number of azide groups is 1. The predicted molar refractivity (Wildman–Crippen MR) is 330 cm³/mol. The molecule has 2 heterocycles. The Morgan fingerprint density at radius 2 is 1.02 bits per heavy atom. The second-order valence-electron chi connectivity index (χ2n) is 19.2. The van der Waals surface area contributed by atoms with Gasteiger partial charge in [-0.2, -0.15) is 0 Å². The first-order valence-corrected chi connectivity index (χ1v) is 30.7. The maximum absolute atomic E-state index is 13.4. The van der Waals surface area contributed by atoms with E-state index in [-0.39, 0.29) is 128 Å². The van der Waals surface area contributed by atoms with Crippen LogP contribution in [0.15, 0.2) is 123 Å². The molecule has 0 aromatic heterocycles. The number of benzene rings is 7. The lowest BCUT2D eigenvalue weighted by atomic mass is 9.89. The van der Waals surface area contributed by atoms with Crippen LogP contribution in [0.3, 0.4) is 0 Å². The van der Waals surface area contributed by atoms with Crippen LogP contribution >= 0.6 is 0 Å². The maximum atomic E-state index is 13.4. The van der Waals surface area contributed by atoms with Crippen molar-refractivity contribution in [2.24, 2.45) is 5.11 Å². The highest BCUT2D eigenvalue weighted by Crippen LogP contribution is 2.50. The molecule has 5 aromatic carbocycles.